The van der Waals surface area contributed by atoms with E-state index in [1.54, 1.807) is 0 Å². The molecule has 0 N–H and O–H groups in total. The highest BCUT2D eigenvalue weighted by molar-refractivity contribution is 5.40. The molecule has 76 valence electrons. The van der Waals surface area contributed by atoms with Crippen molar-refractivity contribution in [1.82, 2.24) is 0 Å². The number of hydrogen-bond acceptors (Lipinski definition) is 2. The topological polar surface area (TPSA) is 24.7 Å². The van der Waals surface area contributed by atoms with Crippen LogP contribution < -0.4 is 0 Å². The minimum absolute atomic E-state index is 0.792. The molecule has 0 atom stereocenters. The van der Waals surface area contributed by atoms with E-state index in [1.165, 1.54) is 38.5 Å². The molecule has 0 unspecified atom stereocenters. The fourth-order valence-corrected chi connectivity index (χ4v) is 1.14. The van der Waals surface area contributed by atoms with Crippen molar-refractivity contribution < 1.29 is 0 Å². The van der Waals surface area contributed by atoms with Crippen LogP contribution in [0.1, 0.15) is 52.4 Å². The van der Waals surface area contributed by atoms with Gasteiger partial charge in [0.15, 0.2) is 0 Å². The molecular weight excluding hydrogens is 160 g/mol. The van der Waals surface area contributed by atoms with Gasteiger partial charge in [0, 0.05) is 13.1 Å². The quantitative estimate of drug-likeness (QED) is 0.405. The maximum absolute atomic E-state index is 4.06. The van der Waals surface area contributed by atoms with Gasteiger partial charge in [-0.05, 0) is 13.3 Å². The largest absolute Gasteiger partial charge is 0.226 e. The summed E-state index contributed by atoms with van der Waals surface area (Å²) >= 11 is 0. The molecule has 2 nitrogen and oxygen atoms in total. The second kappa shape index (κ2) is 11.4. The number of hydrogen-bond donors (Lipinski definition) is 0. The van der Waals surface area contributed by atoms with E-state index < -0.39 is 0 Å². The van der Waals surface area contributed by atoms with Crippen molar-refractivity contribution >= 4 is 6.01 Å². The van der Waals surface area contributed by atoms with E-state index in [9.17, 15) is 0 Å². The molecule has 0 radical (unpaired) electrons. The van der Waals surface area contributed by atoms with Gasteiger partial charge in [-0.3, -0.25) is 0 Å². The summed E-state index contributed by atoms with van der Waals surface area (Å²) in [6.07, 6.45) is 7.92. The average molecular weight is 182 g/mol. The zero-order chi connectivity index (χ0) is 9.78. The molecular formula is C11H22N2. The second-order valence-corrected chi connectivity index (χ2v) is 3.22. The van der Waals surface area contributed by atoms with Gasteiger partial charge < -0.3 is 0 Å². The smallest absolute Gasteiger partial charge is 0.0892 e. The summed E-state index contributed by atoms with van der Waals surface area (Å²) in [6.45, 7) is 5.92. The molecule has 0 aromatic heterocycles. The molecule has 0 bridgehead atoms. The zero-order valence-corrected chi connectivity index (χ0v) is 9.05. The molecule has 0 fully saturated rings. The predicted octanol–water partition coefficient (Wildman–Crippen LogP) is 3.54. The van der Waals surface area contributed by atoms with Crippen LogP contribution in [0.25, 0.3) is 0 Å². The molecule has 0 saturated heterocycles. The molecule has 2 heteroatoms. The number of unbranched alkanes of at least 4 members (excludes halogenated alkanes) is 5. The van der Waals surface area contributed by atoms with Crippen LogP contribution >= 0.6 is 0 Å². The molecule has 0 aromatic carbocycles. The highest BCUT2D eigenvalue weighted by Crippen LogP contribution is 2.04. The van der Waals surface area contributed by atoms with Crippen LogP contribution in [0.2, 0.25) is 0 Å². The van der Waals surface area contributed by atoms with E-state index in [-0.39, 0.29) is 0 Å². The summed E-state index contributed by atoms with van der Waals surface area (Å²) in [5, 5.41) is 0. The minimum atomic E-state index is 0.792. The second-order valence-electron chi connectivity index (χ2n) is 3.22. The van der Waals surface area contributed by atoms with E-state index in [0.717, 1.165) is 13.1 Å². The third kappa shape index (κ3) is 11.4. The van der Waals surface area contributed by atoms with E-state index >= 15 is 0 Å². The lowest BCUT2D eigenvalue weighted by Gasteiger charge is -1.96. The molecule has 0 aliphatic carbocycles. The summed E-state index contributed by atoms with van der Waals surface area (Å²) in [5.74, 6) is 0. The standard InChI is InChI=1S/C11H22N2/c1-3-5-6-7-8-9-10-13-11-12-4-2/h3-10H2,1-2H3. The molecule has 0 aliphatic heterocycles. The van der Waals surface area contributed by atoms with Gasteiger partial charge in [0.05, 0.1) is 6.01 Å². The average Bonchev–Trinajstić information content (AvgIpc) is 2.16. The maximum Gasteiger partial charge on any atom is 0.0892 e. The number of rotatable bonds is 8. The Labute approximate surface area is 82.2 Å². The van der Waals surface area contributed by atoms with Crippen LogP contribution in [0.4, 0.5) is 0 Å². The minimum Gasteiger partial charge on any atom is -0.226 e. The molecule has 0 amide bonds. The van der Waals surface area contributed by atoms with E-state index in [4.69, 9.17) is 0 Å². The first-order valence-electron chi connectivity index (χ1n) is 5.49. The van der Waals surface area contributed by atoms with Crippen LogP contribution in [-0.4, -0.2) is 19.1 Å². The van der Waals surface area contributed by atoms with Gasteiger partial charge in [-0.25, -0.2) is 9.98 Å². The Hall–Kier alpha value is -0.620. The van der Waals surface area contributed by atoms with E-state index in [1.807, 2.05) is 6.92 Å². The van der Waals surface area contributed by atoms with Crippen molar-refractivity contribution in [2.75, 3.05) is 13.1 Å². The summed E-state index contributed by atoms with van der Waals surface area (Å²) in [7, 11) is 0. The first-order valence-corrected chi connectivity index (χ1v) is 5.49. The van der Waals surface area contributed by atoms with Gasteiger partial charge in [0.25, 0.3) is 0 Å². The first kappa shape index (κ1) is 12.4. The highest BCUT2D eigenvalue weighted by atomic mass is 14.8. The van der Waals surface area contributed by atoms with Crippen LogP contribution in [0.5, 0.6) is 0 Å². The Balaban J connectivity index is 3.03. The molecule has 0 rings (SSSR count). The van der Waals surface area contributed by atoms with Crippen molar-refractivity contribution in [3.63, 3.8) is 0 Å². The Kier molecular flexibility index (Phi) is 10.8. The Bertz CT molecular complexity index is 146. The van der Waals surface area contributed by atoms with Crippen molar-refractivity contribution in [1.29, 1.82) is 0 Å². The van der Waals surface area contributed by atoms with Gasteiger partial charge in [-0.15, -0.1) is 0 Å². The molecule has 0 saturated carbocycles. The Morgan fingerprint density at radius 1 is 0.846 bits per heavy atom. The molecule has 0 spiro atoms. The lowest BCUT2D eigenvalue weighted by molar-refractivity contribution is 0.612. The Morgan fingerprint density at radius 2 is 1.54 bits per heavy atom. The fraction of sp³-hybridized carbons (Fsp3) is 0.909. The van der Waals surface area contributed by atoms with Crippen molar-refractivity contribution in [2.45, 2.75) is 52.4 Å². The molecule has 0 heterocycles. The van der Waals surface area contributed by atoms with Gasteiger partial charge in [-0.2, -0.15) is 0 Å². The lowest BCUT2D eigenvalue weighted by atomic mass is 10.1. The number of aliphatic imine (C=N–C) groups is 2. The van der Waals surface area contributed by atoms with Gasteiger partial charge >= 0.3 is 0 Å². The molecule has 0 aromatic rings. The van der Waals surface area contributed by atoms with Crippen LogP contribution in [0.15, 0.2) is 9.98 Å². The van der Waals surface area contributed by atoms with Crippen molar-refractivity contribution in [3.05, 3.63) is 0 Å². The molecule has 13 heavy (non-hydrogen) atoms. The summed E-state index contributed by atoms with van der Waals surface area (Å²) in [5.41, 5.74) is 0. The van der Waals surface area contributed by atoms with Gasteiger partial charge in [-0.1, -0.05) is 39.0 Å². The van der Waals surface area contributed by atoms with E-state index in [2.05, 4.69) is 22.9 Å². The van der Waals surface area contributed by atoms with Crippen LogP contribution in [-0.2, 0) is 0 Å². The third-order valence-corrected chi connectivity index (χ3v) is 1.92. The monoisotopic (exact) mass is 182 g/mol. The van der Waals surface area contributed by atoms with Gasteiger partial charge in [0.2, 0.25) is 0 Å². The molecule has 0 aliphatic rings. The Morgan fingerprint density at radius 3 is 2.23 bits per heavy atom. The normalized spacial score (nSPS) is 9.38. The predicted molar refractivity (Wildman–Crippen MR) is 58.6 cm³/mol. The summed E-state index contributed by atoms with van der Waals surface area (Å²) in [6, 6.07) is 2.69. The van der Waals surface area contributed by atoms with Crippen molar-refractivity contribution in [3.8, 4) is 0 Å². The van der Waals surface area contributed by atoms with Crippen LogP contribution in [0, 0.1) is 0 Å². The highest BCUT2D eigenvalue weighted by Gasteiger charge is 1.87. The third-order valence-electron chi connectivity index (χ3n) is 1.92. The van der Waals surface area contributed by atoms with Gasteiger partial charge in [0.1, 0.15) is 0 Å². The summed E-state index contributed by atoms with van der Waals surface area (Å²) in [4.78, 5) is 7.96. The summed E-state index contributed by atoms with van der Waals surface area (Å²) < 4.78 is 0. The van der Waals surface area contributed by atoms with Crippen molar-refractivity contribution in [2.24, 2.45) is 9.98 Å². The number of nitrogens with zero attached hydrogens (tertiary/aromatic N) is 2. The zero-order valence-electron chi connectivity index (χ0n) is 9.05. The first-order chi connectivity index (χ1) is 6.41. The fourth-order valence-electron chi connectivity index (χ4n) is 1.14. The lowest BCUT2D eigenvalue weighted by Crippen LogP contribution is -1.82. The SMILES string of the molecule is CCCCCCCCN=C=NCC. The van der Waals surface area contributed by atoms with Crippen LogP contribution in [0.3, 0.4) is 0 Å². The van der Waals surface area contributed by atoms with E-state index in [0.29, 0.717) is 0 Å². The maximum atomic E-state index is 4.06.